The maximum absolute atomic E-state index is 8.54. The van der Waals surface area contributed by atoms with Crippen molar-refractivity contribution in [2.24, 2.45) is 5.73 Å². The summed E-state index contributed by atoms with van der Waals surface area (Å²) in [5, 5.41) is 12.2. The van der Waals surface area contributed by atoms with Gasteiger partial charge in [0.05, 0.1) is 38.8 Å². The van der Waals surface area contributed by atoms with Gasteiger partial charge in [0.15, 0.2) is 11.5 Å². The molecule has 1 atom stereocenters. The highest BCUT2D eigenvalue weighted by Crippen LogP contribution is 2.43. The minimum atomic E-state index is -0.307. The second-order valence-corrected chi connectivity index (χ2v) is 8.06. The molecule has 4 rings (SSSR count). The number of aliphatic hydroxyl groups is 1. The molecule has 0 radical (unpaired) electrons. The topological polar surface area (TPSA) is 90.9 Å². The Kier molecular flexibility index (Phi) is 15.7. The Balaban J connectivity index is 0.000000472. The van der Waals surface area contributed by atoms with Crippen molar-refractivity contribution in [3.8, 4) is 17.2 Å². The van der Waals surface area contributed by atoms with Gasteiger partial charge in [-0.25, -0.2) is 0 Å². The van der Waals surface area contributed by atoms with E-state index in [1.54, 1.807) is 14.2 Å². The highest BCUT2D eigenvalue weighted by molar-refractivity contribution is 6.30. The van der Waals surface area contributed by atoms with E-state index in [-0.39, 0.29) is 12.7 Å². The van der Waals surface area contributed by atoms with Gasteiger partial charge >= 0.3 is 0 Å². The fraction of sp³-hybridized carbons (Fsp3) is 0.400. The lowest BCUT2D eigenvalue weighted by atomic mass is 9.98. The SMILES string of the molecule is CC.CC.CCCN/C(=C\N)CO.COc1cccc(C2OCc3cccn3-c3ccc(Cl)cc32)c1OC. The first-order valence-electron chi connectivity index (χ1n) is 13.1. The lowest BCUT2D eigenvalue weighted by Gasteiger charge is -2.22. The van der Waals surface area contributed by atoms with Crippen LogP contribution in [0.25, 0.3) is 5.69 Å². The Morgan fingerprint density at radius 3 is 2.45 bits per heavy atom. The standard InChI is InChI=1S/C20H18ClNO3.C6H14N2O.2C2H6/c1-23-18-7-3-6-15(20(18)24-2)19-16-11-13(21)8-9-17(16)22-10-4-5-14(22)12-25-19;1-2-3-8-6(4-7)5-9;2*1-2/h3-11,19H,12H2,1-2H3;4,8-9H,2-3,5,7H2,1H3;2*1-2H3/b;6-4-;;. The van der Waals surface area contributed by atoms with E-state index >= 15 is 0 Å². The van der Waals surface area contributed by atoms with Crippen LogP contribution in [-0.4, -0.2) is 37.0 Å². The summed E-state index contributed by atoms with van der Waals surface area (Å²) in [6, 6.07) is 15.8. The molecule has 0 saturated heterocycles. The molecule has 2 aromatic carbocycles. The average molecular weight is 546 g/mol. The second kappa shape index (κ2) is 18.2. The second-order valence-electron chi connectivity index (χ2n) is 7.62. The number of para-hydroxylation sites is 1. The molecule has 4 N–H and O–H groups in total. The number of hydrogen-bond donors (Lipinski definition) is 3. The first-order valence-corrected chi connectivity index (χ1v) is 13.5. The van der Waals surface area contributed by atoms with Gasteiger partial charge in [0.1, 0.15) is 6.10 Å². The van der Waals surface area contributed by atoms with Gasteiger partial charge in [0.25, 0.3) is 0 Å². The molecule has 0 amide bonds. The van der Waals surface area contributed by atoms with E-state index in [9.17, 15) is 0 Å². The molecule has 2 heterocycles. The molecule has 1 aliphatic rings. The van der Waals surface area contributed by atoms with E-state index in [1.807, 2.05) is 76.4 Å². The summed E-state index contributed by atoms with van der Waals surface area (Å²) in [4.78, 5) is 0. The monoisotopic (exact) mass is 545 g/mol. The summed E-state index contributed by atoms with van der Waals surface area (Å²) in [5.74, 6) is 1.35. The Bertz CT molecular complexity index is 1110. The van der Waals surface area contributed by atoms with Crippen molar-refractivity contribution < 1.29 is 19.3 Å². The molecule has 0 saturated carbocycles. The van der Waals surface area contributed by atoms with Crippen molar-refractivity contribution in [1.82, 2.24) is 9.88 Å². The number of halogens is 1. The van der Waals surface area contributed by atoms with Crippen LogP contribution in [0.15, 0.2) is 66.6 Å². The number of hydrogen-bond acceptors (Lipinski definition) is 6. The Hall–Kier alpha value is -3.13. The molecular weight excluding hydrogens is 502 g/mol. The zero-order chi connectivity index (χ0) is 28.5. The number of benzene rings is 2. The van der Waals surface area contributed by atoms with E-state index in [4.69, 9.17) is 36.7 Å². The third kappa shape index (κ3) is 8.45. The first kappa shape index (κ1) is 32.9. The van der Waals surface area contributed by atoms with Gasteiger partial charge in [-0.15, -0.1) is 0 Å². The summed E-state index contributed by atoms with van der Waals surface area (Å²) in [5.41, 5.74) is 9.88. The van der Waals surface area contributed by atoms with Crippen LogP contribution < -0.4 is 20.5 Å². The highest BCUT2D eigenvalue weighted by Gasteiger charge is 2.28. The molecule has 1 unspecified atom stereocenters. The lowest BCUT2D eigenvalue weighted by Crippen LogP contribution is -2.17. The minimum Gasteiger partial charge on any atom is -0.493 e. The number of aromatic nitrogens is 1. The Morgan fingerprint density at radius 1 is 1.11 bits per heavy atom. The smallest absolute Gasteiger partial charge is 0.166 e. The summed E-state index contributed by atoms with van der Waals surface area (Å²) >= 11 is 6.30. The number of nitrogens with zero attached hydrogens (tertiary/aromatic N) is 1. The normalized spacial score (nSPS) is 13.5. The molecule has 0 aliphatic carbocycles. The zero-order valence-corrected chi connectivity index (χ0v) is 24.5. The van der Waals surface area contributed by atoms with Crippen molar-refractivity contribution >= 4 is 11.6 Å². The van der Waals surface area contributed by atoms with Crippen LogP contribution in [0.1, 0.15) is 64.0 Å². The van der Waals surface area contributed by atoms with Crippen LogP contribution in [0.2, 0.25) is 5.02 Å². The number of nitrogens with two attached hydrogens (primary N) is 1. The van der Waals surface area contributed by atoms with E-state index in [2.05, 4.69) is 22.9 Å². The maximum Gasteiger partial charge on any atom is 0.166 e. The van der Waals surface area contributed by atoms with Gasteiger partial charge < -0.3 is 34.9 Å². The van der Waals surface area contributed by atoms with Gasteiger partial charge in [0, 0.05) is 40.8 Å². The third-order valence-corrected chi connectivity index (χ3v) is 5.69. The summed E-state index contributed by atoms with van der Waals surface area (Å²) in [6.07, 6.45) is 4.16. The quantitative estimate of drug-likeness (QED) is 0.310. The molecule has 210 valence electrons. The van der Waals surface area contributed by atoms with Crippen LogP contribution in [0, 0.1) is 0 Å². The number of ether oxygens (including phenoxy) is 3. The molecular formula is C30H44ClN3O4. The van der Waals surface area contributed by atoms with Crippen LogP contribution >= 0.6 is 11.6 Å². The van der Waals surface area contributed by atoms with Crippen LogP contribution in [0.5, 0.6) is 11.5 Å². The molecule has 0 fully saturated rings. The Morgan fingerprint density at radius 2 is 1.84 bits per heavy atom. The number of nitrogens with one attached hydrogen (secondary N) is 1. The van der Waals surface area contributed by atoms with E-state index in [1.165, 1.54) is 6.20 Å². The molecule has 8 heteroatoms. The Labute approximate surface area is 233 Å². The molecule has 0 spiro atoms. The van der Waals surface area contributed by atoms with Crippen LogP contribution in [0.4, 0.5) is 0 Å². The molecule has 1 aromatic heterocycles. The summed E-state index contributed by atoms with van der Waals surface area (Å²) in [6.45, 7) is 11.4. The maximum atomic E-state index is 8.54. The van der Waals surface area contributed by atoms with Gasteiger partial charge in [-0.2, -0.15) is 0 Å². The number of methoxy groups -OCH3 is 2. The lowest BCUT2D eigenvalue weighted by molar-refractivity contribution is 0.0660. The highest BCUT2D eigenvalue weighted by atomic mass is 35.5. The fourth-order valence-electron chi connectivity index (χ4n) is 3.81. The number of aliphatic hydroxyl groups excluding tert-OH is 1. The molecule has 38 heavy (non-hydrogen) atoms. The van der Waals surface area contributed by atoms with Crippen LogP contribution in [-0.2, 0) is 11.3 Å². The van der Waals surface area contributed by atoms with Gasteiger partial charge in [0.2, 0.25) is 0 Å². The van der Waals surface area contributed by atoms with Crippen LogP contribution in [0.3, 0.4) is 0 Å². The van der Waals surface area contributed by atoms with Crippen molar-refractivity contribution in [2.75, 3.05) is 27.4 Å². The first-order chi connectivity index (χ1) is 18.6. The fourth-order valence-corrected chi connectivity index (χ4v) is 3.99. The molecule has 3 aromatic rings. The molecule has 1 aliphatic heterocycles. The molecule has 7 nitrogen and oxygen atoms in total. The predicted molar refractivity (Wildman–Crippen MR) is 157 cm³/mol. The number of rotatable bonds is 7. The van der Waals surface area contributed by atoms with Crippen molar-refractivity contribution in [3.05, 3.63) is 88.5 Å². The van der Waals surface area contributed by atoms with Crippen molar-refractivity contribution in [2.45, 2.75) is 53.8 Å². The summed E-state index contributed by atoms with van der Waals surface area (Å²) < 4.78 is 19.5. The number of fused-ring (bicyclic) bond motifs is 3. The summed E-state index contributed by atoms with van der Waals surface area (Å²) in [7, 11) is 3.27. The van der Waals surface area contributed by atoms with E-state index < -0.39 is 0 Å². The molecule has 0 bridgehead atoms. The van der Waals surface area contributed by atoms with Gasteiger partial charge in [-0.1, -0.05) is 58.4 Å². The minimum absolute atomic E-state index is 0.00347. The average Bonchev–Trinajstić information content (AvgIpc) is 3.39. The zero-order valence-electron chi connectivity index (χ0n) is 23.8. The van der Waals surface area contributed by atoms with E-state index in [0.29, 0.717) is 28.8 Å². The third-order valence-electron chi connectivity index (χ3n) is 5.45. The van der Waals surface area contributed by atoms with E-state index in [0.717, 1.165) is 35.5 Å². The predicted octanol–water partition coefficient (Wildman–Crippen LogP) is 6.60. The van der Waals surface area contributed by atoms with Gasteiger partial charge in [-0.05, 0) is 42.8 Å². The van der Waals surface area contributed by atoms with Crippen molar-refractivity contribution in [1.29, 1.82) is 0 Å². The van der Waals surface area contributed by atoms with Crippen molar-refractivity contribution in [3.63, 3.8) is 0 Å². The van der Waals surface area contributed by atoms with Gasteiger partial charge in [-0.3, -0.25) is 0 Å². The largest absolute Gasteiger partial charge is 0.493 e.